The fraction of sp³-hybridized carbons (Fsp3) is 0.429. The van der Waals surface area contributed by atoms with Crippen LogP contribution in [-0.2, 0) is 0 Å². The molecule has 7 nitrogen and oxygen atoms in total. The average Bonchev–Trinajstić information content (AvgIpc) is 3.32. The minimum Gasteiger partial charge on any atom is -0.308 e. The summed E-state index contributed by atoms with van der Waals surface area (Å²) < 4.78 is 41.7. The summed E-state index contributed by atoms with van der Waals surface area (Å²) in [5.74, 6) is -1.07. The van der Waals surface area contributed by atoms with E-state index >= 15 is 0 Å². The van der Waals surface area contributed by atoms with Crippen molar-refractivity contribution in [2.45, 2.75) is 45.6 Å². The Morgan fingerprint density at radius 3 is 2.90 bits per heavy atom. The number of alkyl halides is 2. The van der Waals surface area contributed by atoms with Crippen LogP contribution in [0.4, 0.5) is 13.2 Å². The number of rotatable bonds is 3. The normalized spacial score (nSPS) is 24.7. The third-order valence-electron chi connectivity index (χ3n) is 6.15. The molecule has 2 bridgehead atoms. The van der Waals surface area contributed by atoms with Gasteiger partial charge in [-0.05, 0) is 45.3 Å². The predicted octanol–water partition coefficient (Wildman–Crippen LogP) is 3.08. The zero-order valence-corrected chi connectivity index (χ0v) is 17.1. The second-order valence-electron chi connectivity index (χ2n) is 8.05. The number of nitrogens with one attached hydrogen (secondary N) is 1. The Bertz CT molecular complexity index is 1090. The average molecular weight is 430 g/mol. The Balaban J connectivity index is 1.51. The zero-order chi connectivity index (χ0) is 21.9. The third-order valence-corrected chi connectivity index (χ3v) is 6.15. The molecule has 162 valence electrons. The van der Waals surface area contributed by atoms with Gasteiger partial charge in [0.05, 0.1) is 11.3 Å². The summed E-state index contributed by atoms with van der Waals surface area (Å²) in [5.41, 5.74) is 4.89. The molecule has 0 aromatic carbocycles. The summed E-state index contributed by atoms with van der Waals surface area (Å²) in [6.45, 7) is 3.50. The van der Waals surface area contributed by atoms with Crippen molar-refractivity contribution < 1.29 is 18.0 Å². The molecule has 1 N–H and O–H groups in total. The summed E-state index contributed by atoms with van der Waals surface area (Å²) in [7, 11) is 0. The number of amides is 1. The predicted molar refractivity (Wildman–Crippen MR) is 108 cm³/mol. The SMILES string of the molecule is Cc1cc(C(=O)N2C3=CC[C@H]2[C@@H](C2=CC(C(F)F)=NC4=NCNN24)CC3)c(F)c(C)n1. The molecule has 0 spiro atoms. The molecule has 0 aliphatic carbocycles. The highest BCUT2D eigenvalue weighted by Crippen LogP contribution is 2.44. The number of aryl methyl sites for hydroxylation is 2. The number of guanidine groups is 1. The van der Waals surface area contributed by atoms with Crippen LogP contribution in [0.3, 0.4) is 0 Å². The molecular formula is C21H21F3N6O. The van der Waals surface area contributed by atoms with Gasteiger partial charge in [0.2, 0.25) is 5.96 Å². The van der Waals surface area contributed by atoms with E-state index in [-0.39, 0.29) is 41.6 Å². The molecule has 2 atom stereocenters. The fourth-order valence-corrected chi connectivity index (χ4v) is 4.82. The molecule has 0 unspecified atom stereocenters. The quantitative estimate of drug-likeness (QED) is 0.800. The number of halogens is 3. The molecule has 0 saturated carbocycles. The Kier molecular flexibility index (Phi) is 4.69. The van der Waals surface area contributed by atoms with E-state index in [1.54, 1.807) is 16.8 Å². The van der Waals surface area contributed by atoms with E-state index in [0.29, 0.717) is 30.7 Å². The van der Waals surface area contributed by atoms with Crippen molar-refractivity contribution in [3.05, 3.63) is 52.4 Å². The van der Waals surface area contributed by atoms with Gasteiger partial charge in [-0.3, -0.25) is 9.78 Å². The first-order valence-electron chi connectivity index (χ1n) is 10.2. The number of aliphatic imine (C=N–C) groups is 2. The lowest BCUT2D eigenvalue weighted by Crippen LogP contribution is -2.50. The maximum Gasteiger partial charge on any atom is 0.280 e. The molecule has 1 aromatic heterocycles. The number of nitrogens with zero attached hydrogens (tertiary/aromatic N) is 5. The number of carbonyl (C=O) groups is 1. The van der Waals surface area contributed by atoms with Crippen molar-refractivity contribution >= 4 is 17.6 Å². The molecule has 1 saturated heterocycles. The van der Waals surface area contributed by atoms with E-state index in [4.69, 9.17) is 0 Å². The van der Waals surface area contributed by atoms with Crippen molar-refractivity contribution in [1.29, 1.82) is 0 Å². The molecule has 31 heavy (non-hydrogen) atoms. The molecule has 4 aliphatic heterocycles. The number of piperidine rings is 1. The van der Waals surface area contributed by atoms with E-state index in [9.17, 15) is 18.0 Å². The fourth-order valence-electron chi connectivity index (χ4n) is 4.82. The van der Waals surface area contributed by atoms with E-state index in [0.717, 1.165) is 5.70 Å². The first kappa shape index (κ1) is 19.9. The Hall–Kier alpha value is -3.01. The van der Waals surface area contributed by atoms with Gasteiger partial charge < -0.3 is 4.90 Å². The summed E-state index contributed by atoms with van der Waals surface area (Å²) in [5, 5.41) is 1.63. The zero-order valence-electron chi connectivity index (χ0n) is 17.1. The van der Waals surface area contributed by atoms with E-state index in [2.05, 4.69) is 20.4 Å². The van der Waals surface area contributed by atoms with Gasteiger partial charge in [0.15, 0.2) is 5.82 Å². The number of hydrazine groups is 1. The standard InChI is InChI=1S/C21H21F3N6O/c1-10-7-14(18(22)11(2)27-10)20(31)29-12-3-5-13(16(29)6-4-12)17-8-15(19(23)24)28-21-25-9-26-30(17)21/h4,7-8,13,16,19,26H,3,5-6,9H2,1-2H3/t13-,16-/m0/s1. The Morgan fingerprint density at radius 2 is 2.13 bits per heavy atom. The molecule has 1 amide bonds. The third kappa shape index (κ3) is 3.16. The summed E-state index contributed by atoms with van der Waals surface area (Å²) in [4.78, 5) is 27.2. The van der Waals surface area contributed by atoms with Crippen LogP contribution in [0.15, 0.2) is 39.6 Å². The second-order valence-corrected chi connectivity index (χ2v) is 8.05. The van der Waals surface area contributed by atoms with Gasteiger partial charge >= 0.3 is 0 Å². The highest BCUT2D eigenvalue weighted by atomic mass is 19.3. The minimum atomic E-state index is -2.73. The van der Waals surface area contributed by atoms with Crippen LogP contribution in [0.2, 0.25) is 0 Å². The highest BCUT2D eigenvalue weighted by Gasteiger charge is 2.45. The summed E-state index contributed by atoms with van der Waals surface area (Å²) in [6.07, 6.45) is 2.51. The number of hydrogen-bond donors (Lipinski definition) is 1. The van der Waals surface area contributed by atoms with Crippen LogP contribution >= 0.6 is 0 Å². The van der Waals surface area contributed by atoms with Crippen molar-refractivity contribution in [2.24, 2.45) is 15.9 Å². The highest BCUT2D eigenvalue weighted by molar-refractivity contribution is 6.08. The Labute approximate surface area is 177 Å². The molecule has 1 fully saturated rings. The lowest BCUT2D eigenvalue weighted by molar-refractivity contribution is 0.0663. The van der Waals surface area contributed by atoms with E-state index < -0.39 is 18.1 Å². The monoisotopic (exact) mass is 430 g/mol. The van der Waals surface area contributed by atoms with Gasteiger partial charge in [-0.25, -0.2) is 33.6 Å². The minimum absolute atomic E-state index is 0.0162. The molecule has 5 heterocycles. The maximum atomic E-state index is 14.8. The molecule has 1 aromatic rings. The lowest BCUT2D eigenvalue weighted by atomic mass is 9.85. The smallest absolute Gasteiger partial charge is 0.280 e. The number of fused-ring (bicyclic) bond motifs is 3. The molecular weight excluding hydrogens is 409 g/mol. The van der Waals surface area contributed by atoms with Gasteiger partial charge in [-0.15, -0.1) is 0 Å². The van der Waals surface area contributed by atoms with Crippen molar-refractivity contribution in [3.63, 3.8) is 0 Å². The number of pyridine rings is 1. The first-order valence-corrected chi connectivity index (χ1v) is 10.2. The molecule has 5 rings (SSSR count). The van der Waals surface area contributed by atoms with Crippen LogP contribution in [0.5, 0.6) is 0 Å². The number of allylic oxidation sites excluding steroid dienone is 2. The lowest BCUT2D eigenvalue weighted by Gasteiger charge is -2.42. The van der Waals surface area contributed by atoms with Crippen LogP contribution in [-0.4, -0.2) is 51.6 Å². The van der Waals surface area contributed by atoms with Crippen LogP contribution in [0.25, 0.3) is 0 Å². The van der Waals surface area contributed by atoms with Crippen molar-refractivity contribution in [1.82, 2.24) is 20.3 Å². The topological polar surface area (TPSA) is 73.2 Å². The summed E-state index contributed by atoms with van der Waals surface area (Å²) in [6, 6.07) is 1.17. The molecule has 10 heteroatoms. The van der Waals surface area contributed by atoms with Gasteiger partial charge in [0.1, 0.15) is 12.4 Å². The van der Waals surface area contributed by atoms with Gasteiger partial charge in [0, 0.05) is 29.0 Å². The molecule has 4 aliphatic rings. The van der Waals surface area contributed by atoms with Gasteiger partial charge in [0.25, 0.3) is 12.3 Å². The van der Waals surface area contributed by atoms with Gasteiger partial charge in [-0.2, -0.15) is 0 Å². The van der Waals surface area contributed by atoms with Crippen LogP contribution < -0.4 is 5.43 Å². The van der Waals surface area contributed by atoms with Gasteiger partial charge in [-0.1, -0.05) is 6.08 Å². The van der Waals surface area contributed by atoms with E-state index in [1.807, 2.05) is 6.08 Å². The van der Waals surface area contributed by atoms with Crippen LogP contribution in [0, 0.1) is 25.6 Å². The number of hydrogen-bond acceptors (Lipinski definition) is 6. The first-order chi connectivity index (χ1) is 14.8. The Morgan fingerprint density at radius 1 is 1.32 bits per heavy atom. The van der Waals surface area contributed by atoms with E-state index in [1.165, 1.54) is 19.1 Å². The summed E-state index contributed by atoms with van der Waals surface area (Å²) >= 11 is 0. The number of carbonyl (C=O) groups excluding carboxylic acids is 1. The largest absolute Gasteiger partial charge is 0.308 e. The molecule has 0 radical (unpaired) electrons. The van der Waals surface area contributed by atoms with Crippen LogP contribution in [0.1, 0.15) is 41.0 Å². The van der Waals surface area contributed by atoms with Crippen molar-refractivity contribution in [2.75, 3.05) is 6.67 Å². The maximum absolute atomic E-state index is 14.8. The number of aromatic nitrogens is 1. The van der Waals surface area contributed by atoms with Crippen molar-refractivity contribution in [3.8, 4) is 0 Å². The second kappa shape index (κ2) is 7.30.